The van der Waals surface area contributed by atoms with Crippen LogP contribution in [0, 0.1) is 5.92 Å². The summed E-state index contributed by atoms with van der Waals surface area (Å²) in [4.78, 5) is 18.7. The molecule has 2 aromatic rings. The molecule has 6 heteroatoms. The molecule has 1 fully saturated rings. The van der Waals surface area contributed by atoms with Gasteiger partial charge in [-0.25, -0.2) is 0 Å². The molecule has 0 aliphatic carbocycles. The molecule has 1 heterocycles. The van der Waals surface area contributed by atoms with Gasteiger partial charge in [-0.1, -0.05) is 67.9 Å². The van der Waals surface area contributed by atoms with Gasteiger partial charge in [0, 0.05) is 56.0 Å². The minimum absolute atomic E-state index is 0.0697. The van der Waals surface area contributed by atoms with Crippen LogP contribution in [0.4, 0.5) is 0 Å². The van der Waals surface area contributed by atoms with Crippen molar-refractivity contribution in [1.82, 2.24) is 15.5 Å². The number of hydrogen-bond acceptors (Lipinski definition) is 2. The summed E-state index contributed by atoms with van der Waals surface area (Å²) in [7, 11) is 1.77. The third kappa shape index (κ3) is 6.73. The van der Waals surface area contributed by atoms with Gasteiger partial charge in [-0.3, -0.25) is 9.79 Å². The summed E-state index contributed by atoms with van der Waals surface area (Å²) >= 11 is 6.01. The molecule has 1 aliphatic rings. The normalized spacial score (nSPS) is 17.2. The Hall–Kier alpha value is -2.53. The monoisotopic (exact) mass is 440 g/mol. The number of aliphatic imine (C=N–C) groups is 1. The summed E-state index contributed by atoms with van der Waals surface area (Å²) in [5.74, 6) is 1.30. The molecule has 1 atom stereocenters. The lowest BCUT2D eigenvalue weighted by Crippen LogP contribution is -2.45. The highest BCUT2D eigenvalue weighted by atomic mass is 35.5. The maximum atomic E-state index is 12.4. The van der Waals surface area contributed by atoms with E-state index in [4.69, 9.17) is 11.6 Å². The Morgan fingerprint density at radius 1 is 1.13 bits per heavy atom. The van der Waals surface area contributed by atoms with Gasteiger partial charge < -0.3 is 15.5 Å². The average Bonchev–Trinajstić information content (AvgIpc) is 3.13. The minimum Gasteiger partial charge on any atom is -0.356 e. The van der Waals surface area contributed by atoms with Crippen molar-refractivity contribution in [1.29, 1.82) is 0 Å². The number of nitrogens with one attached hydrogen (secondary N) is 2. The lowest BCUT2D eigenvalue weighted by atomic mass is 9.85. The van der Waals surface area contributed by atoms with Crippen molar-refractivity contribution in [2.45, 2.75) is 32.1 Å². The smallest absolute Gasteiger partial charge is 0.223 e. The molecule has 1 saturated heterocycles. The molecule has 0 radical (unpaired) electrons. The van der Waals surface area contributed by atoms with Crippen molar-refractivity contribution in [2.24, 2.45) is 10.9 Å². The molecule has 0 aromatic heterocycles. The van der Waals surface area contributed by atoms with Gasteiger partial charge in [0.1, 0.15) is 0 Å². The maximum Gasteiger partial charge on any atom is 0.223 e. The van der Waals surface area contributed by atoms with Crippen LogP contribution in [0.2, 0.25) is 5.02 Å². The fraction of sp³-hybridized carbons (Fsp3) is 0.440. The van der Waals surface area contributed by atoms with Gasteiger partial charge in [0.25, 0.3) is 0 Å². The van der Waals surface area contributed by atoms with Crippen LogP contribution in [0.3, 0.4) is 0 Å². The zero-order valence-electron chi connectivity index (χ0n) is 18.7. The summed E-state index contributed by atoms with van der Waals surface area (Å²) in [5, 5.41) is 7.57. The molecule has 0 spiro atoms. The number of guanidine groups is 1. The molecule has 0 saturated carbocycles. The first-order valence-electron chi connectivity index (χ1n) is 10.9. The summed E-state index contributed by atoms with van der Waals surface area (Å²) in [5.41, 5.74) is 2.42. The van der Waals surface area contributed by atoms with E-state index >= 15 is 0 Å². The Bertz CT molecular complexity index is 880. The Labute approximate surface area is 190 Å². The van der Waals surface area contributed by atoms with Gasteiger partial charge in [0.05, 0.1) is 0 Å². The molecule has 31 heavy (non-hydrogen) atoms. The number of benzene rings is 2. The van der Waals surface area contributed by atoms with Gasteiger partial charge in [0.2, 0.25) is 5.91 Å². The van der Waals surface area contributed by atoms with Crippen LogP contribution in [0.15, 0.2) is 59.6 Å². The van der Waals surface area contributed by atoms with Gasteiger partial charge in [-0.2, -0.15) is 0 Å². The largest absolute Gasteiger partial charge is 0.356 e. The molecule has 3 rings (SSSR count). The standard InChI is InChI=1S/C25H33ClN4O/c1-25(2,21-9-11-22(26)12-10-21)18-29-24(27-3)28-16-20-15-23(31)30(17-20)14-13-19-7-5-4-6-8-19/h4-12,20H,13-18H2,1-3H3,(H2,27,28,29). The van der Waals surface area contributed by atoms with Gasteiger partial charge in [-0.15, -0.1) is 0 Å². The predicted octanol–water partition coefficient (Wildman–Crippen LogP) is 3.87. The van der Waals surface area contributed by atoms with Crippen LogP contribution in [0.25, 0.3) is 0 Å². The van der Waals surface area contributed by atoms with Crippen LogP contribution < -0.4 is 10.6 Å². The number of carbonyl (C=O) groups is 1. The van der Waals surface area contributed by atoms with Crippen LogP contribution >= 0.6 is 11.6 Å². The molecule has 5 nitrogen and oxygen atoms in total. The zero-order valence-corrected chi connectivity index (χ0v) is 19.5. The Balaban J connectivity index is 1.44. The number of hydrogen-bond donors (Lipinski definition) is 2. The average molecular weight is 441 g/mol. The quantitative estimate of drug-likeness (QED) is 0.484. The van der Waals surface area contributed by atoms with Crippen molar-refractivity contribution in [3.05, 3.63) is 70.7 Å². The molecular formula is C25H33ClN4O. The van der Waals surface area contributed by atoms with E-state index in [1.807, 2.05) is 35.2 Å². The lowest BCUT2D eigenvalue weighted by molar-refractivity contribution is -0.127. The molecule has 1 aliphatic heterocycles. The first kappa shape index (κ1) is 23.1. The fourth-order valence-corrected chi connectivity index (χ4v) is 4.01. The SMILES string of the molecule is CN=C(NCC1CC(=O)N(CCc2ccccc2)C1)NCC(C)(C)c1ccc(Cl)cc1. The van der Waals surface area contributed by atoms with Crippen molar-refractivity contribution in [3.63, 3.8) is 0 Å². The minimum atomic E-state index is -0.0697. The first-order chi connectivity index (χ1) is 14.9. The summed E-state index contributed by atoms with van der Waals surface area (Å²) < 4.78 is 0. The topological polar surface area (TPSA) is 56.7 Å². The third-order valence-electron chi connectivity index (χ3n) is 5.91. The number of amides is 1. The van der Waals surface area contributed by atoms with Crippen LogP contribution in [-0.4, -0.2) is 50.0 Å². The van der Waals surface area contributed by atoms with E-state index < -0.39 is 0 Å². The second-order valence-corrected chi connectivity index (χ2v) is 9.28. The number of nitrogens with zero attached hydrogens (tertiary/aromatic N) is 2. The second kappa shape index (κ2) is 10.7. The Morgan fingerprint density at radius 3 is 2.52 bits per heavy atom. The fourth-order valence-electron chi connectivity index (χ4n) is 3.88. The van der Waals surface area contributed by atoms with E-state index in [2.05, 4.69) is 53.7 Å². The van der Waals surface area contributed by atoms with E-state index in [0.29, 0.717) is 12.3 Å². The summed E-state index contributed by atoms with van der Waals surface area (Å²) in [6.07, 6.45) is 1.49. The molecular weight excluding hydrogens is 408 g/mol. The molecule has 2 N–H and O–H groups in total. The number of carbonyl (C=O) groups excluding carboxylic acids is 1. The van der Waals surface area contributed by atoms with E-state index in [9.17, 15) is 4.79 Å². The van der Waals surface area contributed by atoms with Crippen molar-refractivity contribution in [3.8, 4) is 0 Å². The van der Waals surface area contributed by atoms with Crippen molar-refractivity contribution in [2.75, 3.05) is 33.2 Å². The highest BCUT2D eigenvalue weighted by Crippen LogP contribution is 2.24. The molecule has 1 unspecified atom stereocenters. The van der Waals surface area contributed by atoms with E-state index in [1.165, 1.54) is 11.1 Å². The Morgan fingerprint density at radius 2 is 1.84 bits per heavy atom. The number of halogens is 1. The van der Waals surface area contributed by atoms with Crippen LogP contribution in [0.1, 0.15) is 31.4 Å². The highest BCUT2D eigenvalue weighted by molar-refractivity contribution is 6.30. The second-order valence-electron chi connectivity index (χ2n) is 8.84. The third-order valence-corrected chi connectivity index (χ3v) is 6.17. The van der Waals surface area contributed by atoms with Crippen molar-refractivity contribution < 1.29 is 4.79 Å². The van der Waals surface area contributed by atoms with E-state index in [1.54, 1.807) is 7.05 Å². The Kier molecular flexibility index (Phi) is 7.97. The molecule has 0 bridgehead atoms. The first-order valence-corrected chi connectivity index (χ1v) is 11.3. The van der Waals surface area contributed by atoms with Crippen molar-refractivity contribution >= 4 is 23.5 Å². The molecule has 1 amide bonds. The zero-order chi connectivity index (χ0) is 22.3. The van der Waals surface area contributed by atoms with Crippen LogP contribution in [-0.2, 0) is 16.6 Å². The highest BCUT2D eigenvalue weighted by Gasteiger charge is 2.29. The number of rotatable bonds is 8. The lowest BCUT2D eigenvalue weighted by Gasteiger charge is -2.27. The van der Waals surface area contributed by atoms with Gasteiger partial charge in [-0.05, 0) is 29.7 Å². The summed E-state index contributed by atoms with van der Waals surface area (Å²) in [6, 6.07) is 18.3. The number of likely N-dealkylation sites (tertiary alicyclic amines) is 1. The van der Waals surface area contributed by atoms with Gasteiger partial charge >= 0.3 is 0 Å². The van der Waals surface area contributed by atoms with E-state index in [-0.39, 0.29) is 11.3 Å². The molecule has 2 aromatic carbocycles. The predicted molar refractivity (Wildman–Crippen MR) is 129 cm³/mol. The molecule has 166 valence electrons. The summed E-state index contributed by atoms with van der Waals surface area (Å²) in [6.45, 7) is 7.43. The van der Waals surface area contributed by atoms with Crippen LogP contribution in [0.5, 0.6) is 0 Å². The van der Waals surface area contributed by atoms with E-state index in [0.717, 1.165) is 43.6 Å². The maximum absolute atomic E-state index is 12.4. The van der Waals surface area contributed by atoms with Gasteiger partial charge in [0.15, 0.2) is 5.96 Å².